The van der Waals surface area contributed by atoms with Crippen molar-refractivity contribution in [3.8, 4) is 11.5 Å². The zero-order valence-electron chi connectivity index (χ0n) is 16.9. The van der Waals surface area contributed by atoms with E-state index in [9.17, 15) is 4.79 Å². The van der Waals surface area contributed by atoms with Gasteiger partial charge in [-0.15, -0.1) is 0 Å². The Bertz CT molecular complexity index is 817. The van der Waals surface area contributed by atoms with E-state index in [1.165, 1.54) is 0 Å². The van der Waals surface area contributed by atoms with Crippen molar-refractivity contribution in [1.82, 2.24) is 9.88 Å². The summed E-state index contributed by atoms with van der Waals surface area (Å²) in [6, 6.07) is 9.69. The molecule has 29 heavy (non-hydrogen) atoms. The van der Waals surface area contributed by atoms with Gasteiger partial charge in [0.05, 0.1) is 13.2 Å². The summed E-state index contributed by atoms with van der Waals surface area (Å²) in [5, 5.41) is 0. The Morgan fingerprint density at radius 3 is 2.79 bits per heavy atom. The van der Waals surface area contributed by atoms with Crippen molar-refractivity contribution in [3.05, 3.63) is 53.9 Å². The Labute approximate surface area is 171 Å². The van der Waals surface area contributed by atoms with Gasteiger partial charge in [0, 0.05) is 48.6 Å². The van der Waals surface area contributed by atoms with E-state index in [-0.39, 0.29) is 5.91 Å². The fourth-order valence-corrected chi connectivity index (χ4v) is 3.63. The molecule has 2 fully saturated rings. The molecule has 1 atom stereocenters. The number of hydrogen-bond donors (Lipinski definition) is 0. The lowest BCUT2D eigenvalue weighted by Crippen LogP contribution is -2.37. The minimum absolute atomic E-state index is 0.0687. The topological polar surface area (TPSA) is 60.9 Å². The first-order valence-corrected chi connectivity index (χ1v) is 10.4. The zero-order chi connectivity index (χ0) is 20.1. The van der Waals surface area contributed by atoms with Crippen LogP contribution < -0.4 is 9.47 Å². The first-order valence-electron chi connectivity index (χ1n) is 10.4. The third-order valence-corrected chi connectivity index (χ3v) is 5.34. The Kier molecular flexibility index (Phi) is 6.30. The van der Waals surface area contributed by atoms with E-state index in [1.807, 2.05) is 42.2 Å². The average Bonchev–Trinajstić information content (AvgIpc) is 3.47. The van der Waals surface area contributed by atoms with Gasteiger partial charge in [-0.3, -0.25) is 9.78 Å². The first-order chi connectivity index (χ1) is 14.2. The molecule has 6 heteroatoms. The monoisotopic (exact) mass is 396 g/mol. The normalized spacial score (nSPS) is 18.4. The summed E-state index contributed by atoms with van der Waals surface area (Å²) < 4.78 is 17.2. The molecule has 1 saturated heterocycles. The number of rotatable bonds is 9. The van der Waals surface area contributed by atoms with Gasteiger partial charge >= 0.3 is 0 Å². The summed E-state index contributed by atoms with van der Waals surface area (Å²) >= 11 is 0. The summed E-state index contributed by atoms with van der Waals surface area (Å²) in [4.78, 5) is 19.4. The Balaban J connectivity index is 1.48. The van der Waals surface area contributed by atoms with Crippen LogP contribution in [0, 0.1) is 5.92 Å². The summed E-state index contributed by atoms with van der Waals surface area (Å²) in [6.07, 6.45) is 6.72. The van der Waals surface area contributed by atoms with Crippen molar-refractivity contribution >= 4 is 5.91 Å². The van der Waals surface area contributed by atoms with Crippen LogP contribution in [-0.2, 0) is 11.3 Å². The highest BCUT2D eigenvalue weighted by atomic mass is 16.5. The average molecular weight is 396 g/mol. The lowest BCUT2D eigenvalue weighted by Gasteiger charge is -2.25. The summed E-state index contributed by atoms with van der Waals surface area (Å²) in [5.41, 5.74) is 1.63. The third-order valence-electron chi connectivity index (χ3n) is 5.34. The highest BCUT2D eigenvalue weighted by Crippen LogP contribution is 2.33. The van der Waals surface area contributed by atoms with Gasteiger partial charge in [0.2, 0.25) is 0 Å². The molecule has 4 rings (SSSR count). The molecular weight excluding hydrogens is 368 g/mol. The van der Waals surface area contributed by atoms with E-state index < -0.39 is 0 Å². The fraction of sp³-hybridized carbons (Fsp3) is 0.478. The molecule has 0 radical (unpaired) electrons. The molecule has 1 aromatic heterocycles. The maximum absolute atomic E-state index is 13.2. The molecule has 1 saturated carbocycles. The molecular formula is C23H28N2O4. The van der Waals surface area contributed by atoms with Crippen molar-refractivity contribution in [2.75, 3.05) is 26.4 Å². The molecule has 0 bridgehead atoms. The molecule has 2 aliphatic rings. The van der Waals surface area contributed by atoms with E-state index in [2.05, 4.69) is 4.98 Å². The number of hydrogen-bond acceptors (Lipinski definition) is 5. The number of amides is 1. The molecule has 2 heterocycles. The minimum Gasteiger partial charge on any atom is -0.490 e. The molecule has 154 valence electrons. The highest BCUT2D eigenvalue weighted by Gasteiger charge is 2.35. The van der Waals surface area contributed by atoms with Gasteiger partial charge in [0.25, 0.3) is 5.91 Å². The number of aromatic nitrogens is 1. The van der Waals surface area contributed by atoms with Gasteiger partial charge in [-0.05, 0) is 50.5 Å². The third kappa shape index (κ3) is 5.07. The molecule has 1 aliphatic heterocycles. The number of carbonyl (C=O) groups excluding carboxylic acids is 1. The maximum atomic E-state index is 13.2. The number of pyridine rings is 1. The number of ether oxygens (including phenoxy) is 3. The van der Waals surface area contributed by atoms with E-state index in [0.29, 0.717) is 42.2 Å². The molecule has 1 unspecified atom stereocenters. The van der Waals surface area contributed by atoms with Crippen LogP contribution in [0.2, 0.25) is 0 Å². The van der Waals surface area contributed by atoms with Crippen LogP contribution in [0.25, 0.3) is 0 Å². The molecule has 0 spiro atoms. The smallest absolute Gasteiger partial charge is 0.254 e. The molecule has 2 aromatic rings. The van der Waals surface area contributed by atoms with Gasteiger partial charge in [-0.25, -0.2) is 0 Å². The van der Waals surface area contributed by atoms with Gasteiger partial charge in [0.1, 0.15) is 6.61 Å². The van der Waals surface area contributed by atoms with Crippen LogP contribution in [-0.4, -0.2) is 48.2 Å². The molecule has 0 N–H and O–H groups in total. The zero-order valence-corrected chi connectivity index (χ0v) is 16.9. The van der Waals surface area contributed by atoms with Crippen molar-refractivity contribution in [2.45, 2.75) is 38.8 Å². The van der Waals surface area contributed by atoms with E-state index in [4.69, 9.17) is 14.2 Å². The van der Waals surface area contributed by atoms with Gasteiger partial charge in [-0.1, -0.05) is 6.07 Å². The Hall–Kier alpha value is -2.60. The molecule has 1 amide bonds. The highest BCUT2D eigenvalue weighted by molar-refractivity contribution is 5.95. The predicted molar refractivity (Wildman–Crippen MR) is 109 cm³/mol. The van der Waals surface area contributed by atoms with E-state index in [1.54, 1.807) is 12.4 Å². The fourth-order valence-electron chi connectivity index (χ4n) is 3.63. The van der Waals surface area contributed by atoms with Crippen molar-refractivity contribution in [2.24, 2.45) is 5.92 Å². The van der Waals surface area contributed by atoms with Crippen molar-refractivity contribution in [1.29, 1.82) is 0 Å². The van der Waals surface area contributed by atoms with E-state index >= 15 is 0 Å². The largest absolute Gasteiger partial charge is 0.490 e. The molecule has 6 nitrogen and oxygen atoms in total. The van der Waals surface area contributed by atoms with Gasteiger partial charge in [-0.2, -0.15) is 0 Å². The Morgan fingerprint density at radius 1 is 1.21 bits per heavy atom. The van der Waals surface area contributed by atoms with Crippen LogP contribution in [0.5, 0.6) is 11.5 Å². The number of carbonyl (C=O) groups is 1. The van der Waals surface area contributed by atoms with Crippen LogP contribution in [0.15, 0.2) is 42.7 Å². The summed E-state index contributed by atoms with van der Waals surface area (Å²) in [6.45, 7) is 5.16. The van der Waals surface area contributed by atoms with Crippen molar-refractivity contribution < 1.29 is 19.0 Å². The first kappa shape index (κ1) is 19.7. The molecule has 1 aliphatic carbocycles. The number of nitrogens with zero attached hydrogens (tertiary/aromatic N) is 2. The summed E-state index contributed by atoms with van der Waals surface area (Å²) in [7, 11) is 0. The van der Waals surface area contributed by atoms with Crippen molar-refractivity contribution in [3.63, 3.8) is 0 Å². The second kappa shape index (κ2) is 9.27. The van der Waals surface area contributed by atoms with Crippen LogP contribution in [0.4, 0.5) is 0 Å². The number of benzene rings is 1. The second-order valence-corrected chi connectivity index (χ2v) is 7.66. The summed E-state index contributed by atoms with van der Waals surface area (Å²) in [5.74, 6) is 1.74. The Morgan fingerprint density at radius 2 is 2.10 bits per heavy atom. The quantitative estimate of drug-likeness (QED) is 0.647. The molecule has 1 aromatic carbocycles. The van der Waals surface area contributed by atoms with Crippen LogP contribution >= 0.6 is 0 Å². The van der Waals surface area contributed by atoms with Gasteiger partial charge in [0.15, 0.2) is 11.5 Å². The van der Waals surface area contributed by atoms with Gasteiger partial charge < -0.3 is 19.1 Å². The van der Waals surface area contributed by atoms with Crippen LogP contribution in [0.1, 0.15) is 42.1 Å². The SMILES string of the molecule is CCOc1cc(C(=O)N(CC2CCOC2)C2CC2)ccc1OCc1cccnc1. The lowest BCUT2D eigenvalue weighted by atomic mass is 10.1. The second-order valence-electron chi connectivity index (χ2n) is 7.66. The minimum atomic E-state index is 0.0687. The maximum Gasteiger partial charge on any atom is 0.254 e. The standard InChI is InChI=1S/C23H28N2O4/c1-2-28-22-12-19(5-8-21(22)29-16-17-4-3-10-24-13-17)23(26)25(20-6-7-20)14-18-9-11-27-15-18/h3-5,8,10,12-13,18,20H,2,6-7,9,11,14-16H2,1H3. The van der Waals surface area contributed by atoms with E-state index in [0.717, 1.165) is 44.6 Å². The predicted octanol–water partition coefficient (Wildman–Crippen LogP) is 3.70. The van der Waals surface area contributed by atoms with Crippen LogP contribution in [0.3, 0.4) is 0 Å². The lowest BCUT2D eigenvalue weighted by molar-refractivity contribution is 0.0705.